The van der Waals surface area contributed by atoms with Gasteiger partial charge in [0.05, 0.1) is 20.6 Å². The molecule has 6 heteroatoms. The molecule has 0 atom stereocenters. The summed E-state index contributed by atoms with van der Waals surface area (Å²) in [5.41, 5.74) is 0.728. The molecule has 2 rings (SSSR count). The van der Waals surface area contributed by atoms with Crippen LogP contribution in [0.2, 0.25) is 0 Å². The lowest BCUT2D eigenvalue weighted by molar-refractivity contribution is 0.444. The number of phenolic OH excluding ortho intramolecular Hbond substituents is 4. The minimum atomic E-state index is -1.75. The van der Waals surface area contributed by atoms with E-state index in [0.717, 1.165) is 12.1 Å². The minimum Gasteiger partial charge on any atom is -0.508 e. The van der Waals surface area contributed by atoms with Crippen molar-refractivity contribution >= 4 is 10.8 Å². The van der Waals surface area contributed by atoms with Crippen LogP contribution in [0.5, 0.6) is 23.0 Å². The van der Waals surface area contributed by atoms with E-state index in [2.05, 4.69) is 0 Å². The second kappa shape index (κ2) is 5.05. The molecule has 0 unspecified atom stereocenters. The van der Waals surface area contributed by atoms with Crippen LogP contribution in [0.4, 0.5) is 0 Å². The van der Waals surface area contributed by atoms with Crippen LogP contribution < -0.4 is 0 Å². The summed E-state index contributed by atoms with van der Waals surface area (Å²) in [7, 11) is -1.75. The molecule has 2 aromatic carbocycles. The van der Waals surface area contributed by atoms with Crippen molar-refractivity contribution in [3.63, 3.8) is 0 Å². The maximum absolute atomic E-state index is 12.6. The van der Waals surface area contributed by atoms with E-state index in [1.807, 2.05) is 0 Å². The lowest BCUT2D eigenvalue weighted by atomic mass is 10.2. The molecule has 0 saturated carbocycles. The molecule has 0 aliphatic heterocycles. The highest BCUT2D eigenvalue weighted by atomic mass is 32.2. The fourth-order valence-electron chi connectivity index (χ4n) is 1.82. The first-order valence-corrected chi connectivity index (χ1v) is 6.93. The Morgan fingerprint density at radius 3 is 1.45 bits per heavy atom. The van der Waals surface area contributed by atoms with Crippen LogP contribution in [0.25, 0.3) is 0 Å². The van der Waals surface area contributed by atoms with E-state index in [9.17, 15) is 24.6 Å². The number of phenols is 4. The molecule has 2 aromatic rings. The van der Waals surface area contributed by atoms with E-state index < -0.39 is 10.8 Å². The van der Waals surface area contributed by atoms with Gasteiger partial charge in [0.2, 0.25) is 0 Å². The van der Waals surface area contributed by atoms with Gasteiger partial charge in [-0.1, -0.05) is 0 Å². The molecule has 0 aromatic heterocycles. The van der Waals surface area contributed by atoms with Gasteiger partial charge in [-0.05, 0) is 26.0 Å². The third-order valence-corrected chi connectivity index (χ3v) is 4.68. The van der Waals surface area contributed by atoms with Gasteiger partial charge < -0.3 is 20.4 Å². The van der Waals surface area contributed by atoms with Crippen LogP contribution in [0.15, 0.2) is 34.1 Å². The lowest BCUT2D eigenvalue weighted by Crippen LogP contribution is -1.99. The quantitative estimate of drug-likeness (QED) is 0.681. The zero-order valence-electron chi connectivity index (χ0n) is 10.9. The first-order chi connectivity index (χ1) is 9.31. The summed E-state index contributed by atoms with van der Waals surface area (Å²) in [5, 5.41) is 38.3. The van der Waals surface area contributed by atoms with Crippen molar-refractivity contribution in [1.29, 1.82) is 0 Å². The summed E-state index contributed by atoms with van der Waals surface area (Å²) < 4.78 is 12.6. The Hall–Kier alpha value is -2.21. The summed E-state index contributed by atoms with van der Waals surface area (Å²) in [6.07, 6.45) is 0. The van der Waals surface area contributed by atoms with Crippen molar-refractivity contribution in [3.05, 3.63) is 35.4 Å². The van der Waals surface area contributed by atoms with Crippen LogP contribution in [-0.2, 0) is 10.8 Å². The molecule has 0 amide bonds. The number of aromatic hydroxyl groups is 4. The molecule has 0 aliphatic rings. The molecule has 0 radical (unpaired) electrons. The molecule has 4 N–H and O–H groups in total. The van der Waals surface area contributed by atoms with Crippen LogP contribution >= 0.6 is 0 Å². The Morgan fingerprint density at radius 2 is 1.10 bits per heavy atom. The number of hydrogen-bond acceptors (Lipinski definition) is 5. The summed E-state index contributed by atoms with van der Waals surface area (Å²) in [6, 6.07) is 4.88. The van der Waals surface area contributed by atoms with Gasteiger partial charge >= 0.3 is 0 Å². The number of rotatable bonds is 2. The highest BCUT2D eigenvalue weighted by molar-refractivity contribution is 7.85. The van der Waals surface area contributed by atoms with Gasteiger partial charge in [0, 0.05) is 23.3 Å². The van der Waals surface area contributed by atoms with Gasteiger partial charge in [0.1, 0.15) is 23.0 Å². The molecule has 0 spiro atoms. The summed E-state index contributed by atoms with van der Waals surface area (Å²) in [4.78, 5) is 0.436. The normalized spacial score (nSPS) is 10.9. The van der Waals surface area contributed by atoms with Crippen molar-refractivity contribution in [2.24, 2.45) is 0 Å². The van der Waals surface area contributed by atoms with Gasteiger partial charge in [0.15, 0.2) is 0 Å². The van der Waals surface area contributed by atoms with Crippen molar-refractivity contribution < 1.29 is 24.6 Å². The molecular weight excluding hydrogens is 280 g/mol. The van der Waals surface area contributed by atoms with Crippen molar-refractivity contribution in [2.75, 3.05) is 0 Å². The van der Waals surface area contributed by atoms with Gasteiger partial charge in [-0.25, -0.2) is 4.21 Å². The third-order valence-electron chi connectivity index (χ3n) is 3.03. The number of hydrogen-bond donors (Lipinski definition) is 4. The van der Waals surface area contributed by atoms with Gasteiger partial charge in [-0.2, -0.15) is 0 Å². The topological polar surface area (TPSA) is 98.0 Å². The third kappa shape index (κ3) is 2.42. The Labute approximate surface area is 118 Å². The zero-order chi connectivity index (χ0) is 15.0. The molecule has 0 aliphatic carbocycles. The summed E-state index contributed by atoms with van der Waals surface area (Å²) in [6.45, 7) is 3.14. The Bertz CT molecular complexity index is 650. The minimum absolute atomic E-state index is 0.171. The van der Waals surface area contributed by atoms with Crippen LogP contribution in [-0.4, -0.2) is 24.6 Å². The molecule has 5 nitrogen and oxygen atoms in total. The van der Waals surface area contributed by atoms with Crippen molar-refractivity contribution in [2.45, 2.75) is 23.6 Å². The number of benzene rings is 2. The SMILES string of the molecule is Cc1c(O)cc(O)cc1S(=O)c1cc(O)cc(O)c1C. The largest absolute Gasteiger partial charge is 0.508 e. The maximum atomic E-state index is 12.6. The molecule has 20 heavy (non-hydrogen) atoms. The molecule has 0 fully saturated rings. The lowest BCUT2D eigenvalue weighted by Gasteiger charge is -2.12. The maximum Gasteiger partial charge on any atom is 0.123 e. The average Bonchev–Trinajstić information content (AvgIpc) is 2.37. The second-order valence-corrected chi connectivity index (χ2v) is 5.86. The molecule has 106 valence electrons. The summed E-state index contributed by atoms with van der Waals surface area (Å²) >= 11 is 0. The van der Waals surface area contributed by atoms with E-state index in [-0.39, 0.29) is 32.8 Å². The highest BCUT2D eigenvalue weighted by Gasteiger charge is 2.18. The van der Waals surface area contributed by atoms with E-state index >= 15 is 0 Å². The van der Waals surface area contributed by atoms with Crippen LogP contribution in [0.3, 0.4) is 0 Å². The Morgan fingerprint density at radius 1 is 0.750 bits per heavy atom. The van der Waals surface area contributed by atoms with Crippen LogP contribution in [0, 0.1) is 13.8 Å². The van der Waals surface area contributed by atoms with E-state index in [1.54, 1.807) is 13.8 Å². The van der Waals surface area contributed by atoms with Crippen LogP contribution in [0.1, 0.15) is 11.1 Å². The predicted molar refractivity (Wildman–Crippen MR) is 73.7 cm³/mol. The first-order valence-electron chi connectivity index (χ1n) is 5.78. The second-order valence-electron chi connectivity index (χ2n) is 4.44. The van der Waals surface area contributed by atoms with Crippen molar-refractivity contribution in [1.82, 2.24) is 0 Å². The first kappa shape index (κ1) is 14.2. The molecular formula is C14H14O5S. The van der Waals surface area contributed by atoms with E-state index in [0.29, 0.717) is 11.1 Å². The van der Waals surface area contributed by atoms with E-state index in [1.165, 1.54) is 12.1 Å². The predicted octanol–water partition coefficient (Wildman–Crippen LogP) is 2.29. The van der Waals surface area contributed by atoms with Gasteiger partial charge in [0.25, 0.3) is 0 Å². The fourth-order valence-corrected chi connectivity index (χ4v) is 3.28. The monoisotopic (exact) mass is 294 g/mol. The van der Waals surface area contributed by atoms with Crippen molar-refractivity contribution in [3.8, 4) is 23.0 Å². The Balaban J connectivity index is 2.64. The standard InChI is InChI=1S/C14H14O5S/c1-7-11(17)3-9(15)5-13(7)20(19)14-6-10(16)4-12(18)8(14)2/h3-6,15-18H,1-2H3. The van der Waals surface area contributed by atoms with Gasteiger partial charge in [-0.3, -0.25) is 0 Å². The fraction of sp³-hybridized carbons (Fsp3) is 0.143. The molecule has 0 saturated heterocycles. The van der Waals surface area contributed by atoms with E-state index in [4.69, 9.17) is 0 Å². The molecule has 0 bridgehead atoms. The van der Waals surface area contributed by atoms with Gasteiger partial charge in [-0.15, -0.1) is 0 Å². The average molecular weight is 294 g/mol. The molecule has 0 heterocycles. The highest BCUT2D eigenvalue weighted by Crippen LogP contribution is 2.35. The Kier molecular flexibility index (Phi) is 3.59. The smallest absolute Gasteiger partial charge is 0.123 e. The zero-order valence-corrected chi connectivity index (χ0v) is 11.7. The summed E-state index contributed by atoms with van der Waals surface area (Å²) in [5.74, 6) is -0.761.